The van der Waals surface area contributed by atoms with Gasteiger partial charge in [-0.05, 0) is 18.2 Å². The van der Waals surface area contributed by atoms with Crippen LogP contribution in [0.3, 0.4) is 0 Å². The van der Waals surface area contributed by atoms with Crippen LogP contribution in [-0.4, -0.2) is 16.3 Å². The number of rotatable bonds is 4. The Hall–Kier alpha value is -2.23. The molecule has 0 amide bonds. The molecule has 1 aromatic heterocycles. The quantitative estimate of drug-likeness (QED) is 0.729. The van der Waals surface area contributed by atoms with E-state index in [1.165, 1.54) is 0 Å². The van der Waals surface area contributed by atoms with Gasteiger partial charge >= 0.3 is 0 Å². The number of nitrogens with zero attached hydrogens (tertiary/aromatic N) is 2. The van der Waals surface area contributed by atoms with Crippen molar-refractivity contribution in [2.45, 2.75) is 6.61 Å². The maximum atomic E-state index is 10.5. The number of para-hydroxylation sites is 1. The lowest BCUT2D eigenvalue weighted by atomic mass is 10.3. The molecule has 2 aromatic rings. The van der Waals surface area contributed by atoms with Crippen LogP contribution in [-0.2, 0) is 6.61 Å². The monoisotopic (exact) mass is 214 g/mol. The maximum Gasteiger partial charge on any atom is 0.168 e. The molecule has 0 spiro atoms. The summed E-state index contributed by atoms with van der Waals surface area (Å²) in [5.41, 5.74) is 0.363. The van der Waals surface area contributed by atoms with E-state index in [1.54, 1.807) is 12.3 Å². The molecule has 1 aromatic carbocycles. The molecule has 0 aliphatic heterocycles. The minimum atomic E-state index is 0.256. The second-order valence-electron chi connectivity index (χ2n) is 3.12. The number of carbonyl (C=O) groups is 1. The summed E-state index contributed by atoms with van der Waals surface area (Å²) in [7, 11) is 0. The Morgan fingerprint density at radius 2 is 2.00 bits per heavy atom. The molecular weight excluding hydrogens is 204 g/mol. The summed E-state index contributed by atoms with van der Waals surface area (Å²) in [6, 6.07) is 10.9. The van der Waals surface area contributed by atoms with Crippen LogP contribution in [0.4, 0.5) is 0 Å². The first-order valence-electron chi connectivity index (χ1n) is 4.83. The van der Waals surface area contributed by atoms with E-state index in [4.69, 9.17) is 4.74 Å². The van der Waals surface area contributed by atoms with Crippen molar-refractivity contribution in [3.05, 3.63) is 54.1 Å². The Balaban J connectivity index is 2.02. The number of aldehydes is 1. The maximum absolute atomic E-state index is 10.5. The number of ether oxygens (including phenoxy) is 1. The molecule has 4 nitrogen and oxygen atoms in total. The van der Waals surface area contributed by atoms with Gasteiger partial charge in [0.15, 0.2) is 12.1 Å². The number of carbonyl (C=O) groups excluding carboxylic acids is 1. The molecule has 0 saturated heterocycles. The van der Waals surface area contributed by atoms with Crippen LogP contribution in [0.25, 0.3) is 0 Å². The van der Waals surface area contributed by atoms with Gasteiger partial charge in [-0.3, -0.25) is 4.79 Å². The van der Waals surface area contributed by atoms with Gasteiger partial charge < -0.3 is 4.74 Å². The number of benzene rings is 1. The van der Waals surface area contributed by atoms with E-state index >= 15 is 0 Å². The van der Waals surface area contributed by atoms with E-state index in [9.17, 15) is 4.79 Å². The Bertz CT molecular complexity index is 471. The van der Waals surface area contributed by atoms with Crippen LogP contribution in [0.2, 0.25) is 0 Å². The molecule has 2 rings (SSSR count). The van der Waals surface area contributed by atoms with E-state index in [0.29, 0.717) is 17.8 Å². The Morgan fingerprint density at radius 3 is 2.75 bits per heavy atom. The summed E-state index contributed by atoms with van der Waals surface area (Å²) < 4.78 is 5.45. The van der Waals surface area contributed by atoms with Gasteiger partial charge in [0.05, 0.1) is 0 Å². The van der Waals surface area contributed by atoms with Crippen molar-refractivity contribution < 1.29 is 9.53 Å². The van der Waals surface area contributed by atoms with Crippen LogP contribution < -0.4 is 4.74 Å². The average Bonchev–Trinajstić information content (AvgIpc) is 2.38. The molecule has 0 unspecified atom stereocenters. The molecule has 0 fully saturated rings. The van der Waals surface area contributed by atoms with E-state index in [2.05, 4.69) is 9.97 Å². The van der Waals surface area contributed by atoms with Crippen molar-refractivity contribution in [3.63, 3.8) is 0 Å². The summed E-state index contributed by atoms with van der Waals surface area (Å²) in [6.07, 6.45) is 2.23. The smallest absolute Gasteiger partial charge is 0.168 e. The van der Waals surface area contributed by atoms with Gasteiger partial charge in [0, 0.05) is 6.20 Å². The SMILES string of the molecule is O=Cc1ccnc(COc2ccccc2)n1. The highest BCUT2D eigenvalue weighted by Crippen LogP contribution is 2.09. The highest BCUT2D eigenvalue weighted by Gasteiger charge is 1.99. The summed E-state index contributed by atoms with van der Waals surface area (Å²) in [6.45, 7) is 0.256. The first-order valence-corrected chi connectivity index (χ1v) is 4.83. The molecule has 4 heteroatoms. The Morgan fingerprint density at radius 1 is 1.19 bits per heavy atom. The molecule has 1 heterocycles. The predicted molar refractivity (Wildman–Crippen MR) is 58.2 cm³/mol. The Kier molecular flexibility index (Phi) is 3.23. The fraction of sp³-hybridized carbons (Fsp3) is 0.0833. The lowest BCUT2D eigenvalue weighted by Gasteiger charge is -2.04. The first-order chi connectivity index (χ1) is 7.88. The van der Waals surface area contributed by atoms with Crippen LogP contribution in [0.5, 0.6) is 5.75 Å². The second kappa shape index (κ2) is 5.02. The summed E-state index contributed by atoms with van der Waals surface area (Å²) >= 11 is 0. The standard InChI is InChI=1S/C12H10N2O2/c15-8-10-6-7-13-12(14-10)9-16-11-4-2-1-3-5-11/h1-8H,9H2. The van der Waals surface area contributed by atoms with Crippen LogP contribution in [0.1, 0.15) is 16.3 Å². The molecule has 0 saturated carbocycles. The fourth-order valence-corrected chi connectivity index (χ4v) is 1.21. The largest absolute Gasteiger partial charge is 0.486 e. The minimum absolute atomic E-state index is 0.256. The summed E-state index contributed by atoms with van der Waals surface area (Å²) in [4.78, 5) is 18.5. The first kappa shape index (κ1) is 10.3. The van der Waals surface area contributed by atoms with Gasteiger partial charge in [-0.15, -0.1) is 0 Å². The average molecular weight is 214 g/mol. The highest BCUT2D eigenvalue weighted by molar-refractivity contribution is 5.71. The number of hydrogen-bond donors (Lipinski definition) is 0. The topological polar surface area (TPSA) is 52.1 Å². The fourth-order valence-electron chi connectivity index (χ4n) is 1.21. The lowest BCUT2D eigenvalue weighted by molar-refractivity contribution is 0.111. The third-order valence-corrected chi connectivity index (χ3v) is 1.96. The molecule has 0 atom stereocenters. The number of hydrogen-bond acceptors (Lipinski definition) is 4. The van der Waals surface area contributed by atoms with Crippen molar-refractivity contribution in [2.24, 2.45) is 0 Å². The zero-order chi connectivity index (χ0) is 11.2. The molecule has 0 aliphatic carbocycles. The zero-order valence-corrected chi connectivity index (χ0v) is 8.54. The van der Waals surface area contributed by atoms with Gasteiger partial charge in [-0.2, -0.15) is 0 Å². The van der Waals surface area contributed by atoms with Gasteiger partial charge in [-0.25, -0.2) is 9.97 Å². The third-order valence-electron chi connectivity index (χ3n) is 1.96. The van der Waals surface area contributed by atoms with Crippen LogP contribution >= 0.6 is 0 Å². The molecule has 16 heavy (non-hydrogen) atoms. The van der Waals surface area contributed by atoms with Crippen molar-refractivity contribution >= 4 is 6.29 Å². The van der Waals surface area contributed by atoms with Crippen LogP contribution in [0.15, 0.2) is 42.6 Å². The van der Waals surface area contributed by atoms with E-state index < -0.39 is 0 Å². The minimum Gasteiger partial charge on any atom is -0.486 e. The van der Waals surface area contributed by atoms with Crippen molar-refractivity contribution in [1.82, 2.24) is 9.97 Å². The number of aromatic nitrogens is 2. The summed E-state index contributed by atoms with van der Waals surface area (Å²) in [5.74, 6) is 1.25. The van der Waals surface area contributed by atoms with Gasteiger partial charge in [-0.1, -0.05) is 18.2 Å². The van der Waals surface area contributed by atoms with Crippen molar-refractivity contribution in [3.8, 4) is 5.75 Å². The lowest BCUT2D eigenvalue weighted by Crippen LogP contribution is -2.02. The van der Waals surface area contributed by atoms with Crippen molar-refractivity contribution in [2.75, 3.05) is 0 Å². The third kappa shape index (κ3) is 2.63. The highest BCUT2D eigenvalue weighted by atomic mass is 16.5. The predicted octanol–water partition coefficient (Wildman–Crippen LogP) is 1.87. The second-order valence-corrected chi connectivity index (χ2v) is 3.12. The Labute approximate surface area is 92.9 Å². The van der Waals surface area contributed by atoms with E-state index in [0.717, 1.165) is 5.75 Å². The van der Waals surface area contributed by atoms with E-state index in [1.807, 2.05) is 30.3 Å². The zero-order valence-electron chi connectivity index (χ0n) is 8.54. The van der Waals surface area contributed by atoms with Crippen molar-refractivity contribution in [1.29, 1.82) is 0 Å². The normalized spacial score (nSPS) is 9.75. The molecule has 0 N–H and O–H groups in total. The van der Waals surface area contributed by atoms with Gasteiger partial charge in [0.1, 0.15) is 18.1 Å². The molecular formula is C12H10N2O2. The molecule has 80 valence electrons. The summed E-state index contributed by atoms with van der Waals surface area (Å²) in [5, 5.41) is 0. The molecule has 0 aliphatic rings. The van der Waals surface area contributed by atoms with Gasteiger partial charge in [0.25, 0.3) is 0 Å². The van der Waals surface area contributed by atoms with E-state index in [-0.39, 0.29) is 6.61 Å². The van der Waals surface area contributed by atoms with Gasteiger partial charge in [0.2, 0.25) is 0 Å². The molecule has 0 radical (unpaired) electrons. The molecule has 0 bridgehead atoms. The van der Waals surface area contributed by atoms with Crippen LogP contribution in [0, 0.1) is 0 Å².